The minimum Gasteiger partial charge on any atom is -0.477 e. The Bertz CT molecular complexity index is 636. The summed E-state index contributed by atoms with van der Waals surface area (Å²) in [7, 11) is 0. The van der Waals surface area contributed by atoms with E-state index in [9.17, 15) is 14.4 Å². The molecule has 1 aliphatic rings. The van der Waals surface area contributed by atoms with Crippen LogP contribution in [0.15, 0.2) is 18.2 Å². The Kier molecular flexibility index (Phi) is 4.68. The number of aromatic nitrogens is 1. The van der Waals surface area contributed by atoms with Crippen molar-refractivity contribution in [3.05, 3.63) is 29.6 Å². The average molecular weight is 320 g/mol. The molecule has 1 saturated heterocycles. The Morgan fingerprint density at radius 2 is 1.91 bits per heavy atom. The zero-order chi connectivity index (χ0) is 17.2. The van der Waals surface area contributed by atoms with Crippen LogP contribution < -0.4 is 0 Å². The molecule has 2 rings (SSSR count). The molecule has 1 unspecified atom stereocenters. The summed E-state index contributed by atoms with van der Waals surface area (Å²) in [6.07, 6.45) is 1.22. The van der Waals surface area contributed by atoms with Gasteiger partial charge >= 0.3 is 11.9 Å². The summed E-state index contributed by atoms with van der Waals surface area (Å²) >= 11 is 0. The van der Waals surface area contributed by atoms with E-state index in [1.165, 1.54) is 23.1 Å². The number of rotatable bonds is 3. The number of hydrogen-bond donors (Lipinski definition) is 1. The third kappa shape index (κ3) is 4.06. The molecule has 2 heterocycles. The topological polar surface area (TPSA) is 96.8 Å². The van der Waals surface area contributed by atoms with Crippen LogP contribution in [0.1, 0.15) is 54.6 Å². The second-order valence-electron chi connectivity index (χ2n) is 6.40. The van der Waals surface area contributed by atoms with Gasteiger partial charge < -0.3 is 14.7 Å². The fourth-order valence-corrected chi connectivity index (χ4v) is 2.44. The Labute approximate surface area is 134 Å². The summed E-state index contributed by atoms with van der Waals surface area (Å²) in [5, 5.41) is 8.96. The lowest BCUT2D eigenvalue weighted by Crippen LogP contribution is -2.43. The van der Waals surface area contributed by atoms with Crippen molar-refractivity contribution in [2.75, 3.05) is 6.54 Å². The molecule has 1 aliphatic heterocycles. The second kappa shape index (κ2) is 6.36. The van der Waals surface area contributed by atoms with Gasteiger partial charge in [0.2, 0.25) is 0 Å². The van der Waals surface area contributed by atoms with Crippen LogP contribution in [0.2, 0.25) is 0 Å². The van der Waals surface area contributed by atoms with Crippen LogP contribution in [0, 0.1) is 0 Å². The first kappa shape index (κ1) is 16.9. The third-order valence-electron chi connectivity index (χ3n) is 3.38. The highest BCUT2D eigenvalue weighted by atomic mass is 16.6. The van der Waals surface area contributed by atoms with E-state index < -0.39 is 29.5 Å². The van der Waals surface area contributed by atoms with E-state index in [1.807, 2.05) is 0 Å². The van der Waals surface area contributed by atoms with Crippen molar-refractivity contribution in [2.24, 2.45) is 0 Å². The predicted molar refractivity (Wildman–Crippen MR) is 81.1 cm³/mol. The monoisotopic (exact) mass is 320 g/mol. The summed E-state index contributed by atoms with van der Waals surface area (Å²) in [6.45, 7) is 5.72. The molecule has 0 bridgehead atoms. The van der Waals surface area contributed by atoms with Crippen LogP contribution in [0.25, 0.3) is 0 Å². The van der Waals surface area contributed by atoms with Gasteiger partial charge in [-0.05, 0) is 45.7 Å². The van der Waals surface area contributed by atoms with E-state index in [0.29, 0.717) is 19.4 Å². The van der Waals surface area contributed by atoms with Crippen LogP contribution in [0.5, 0.6) is 0 Å². The standard InChI is InChI=1S/C16H20N2O5/c1-16(2,3)23-15(22)12-8-5-9-18(12)13(19)10-6-4-7-11(17-10)14(20)21/h4,6-7,12H,5,8-9H2,1-3H3,(H,20,21). The lowest BCUT2D eigenvalue weighted by atomic mass is 10.1. The quantitative estimate of drug-likeness (QED) is 0.852. The van der Waals surface area contributed by atoms with E-state index in [-0.39, 0.29) is 11.4 Å². The summed E-state index contributed by atoms with van der Waals surface area (Å²) in [4.78, 5) is 41.0. The molecule has 1 fully saturated rings. The molecule has 1 aromatic rings. The number of carboxylic acid groups (broad SMARTS) is 1. The summed E-state index contributed by atoms with van der Waals surface area (Å²) in [6, 6.07) is 3.56. The number of esters is 1. The highest BCUT2D eigenvalue weighted by molar-refractivity contribution is 5.96. The molecule has 124 valence electrons. The molecule has 0 saturated carbocycles. The van der Waals surface area contributed by atoms with Crippen LogP contribution in [-0.4, -0.2) is 51.0 Å². The van der Waals surface area contributed by atoms with Gasteiger partial charge in [0.15, 0.2) is 0 Å². The number of aromatic carboxylic acids is 1. The van der Waals surface area contributed by atoms with E-state index in [4.69, 9.17) is 9.84 Å². The molecule has 1 aromatic heterocycles. The minimum atomic E-state index is -1.20. The number of carbonyl (C=O) groups is 3. The molecule has 0 radical (unpaired) electrons. The number of likely N-dealkylation sites (tertiary alicyclic amines) is 1. The van der Waals surface area contributed by atoms with Crippen LogP contribution in [0.4, 0.5) is 0 Å². The zero-order valence-electron chi connectivity index (χ0n) is 13.4. The van der Waals surface area contributed by atoms with Crippen LogP contribution >= 0.6 is 0 Å². The molecule has 0 aromatic carbocycles. The molecular weight excluding hydrogens is 300 g/mol. The molecule has 0 spiro atoms. The number of carbonyl (C=O) groups excluding carboxylic acids is 2. The number of hydrogen-bond acceptors (Lipinski definition) is 5. The maximum atomic E-state index is 12.6. The van der Waals surface area contributed by atoms with Crippen molar-refractivity contribution in [1.29, 1.82) is 0 Å². The smallest absolute Gasteiger partial charge is 0.354 e. The van der Waals surface area contributed by atoms with Gasteiger partial charge in [0.1, 0.15) is 23.0 Å². The summed E-state index contributed by atoms with van der Waals surface area (Å²) < 4.78 is 5.35. The fraction of sp³-hybridized carbons (Fsp3) is 0.500. The summed E-state index contributed by atoms with van der Waals surface area (Å²) in [5.74, 6) is -2.11. The maximum absolute atomic E-state index is 12.6. The van der Waals surface area contributed by atoms with Gasteiger partial charge in [0, 0.05) is 6.54 Å². The molecule has 0 aliphatic carbocycles. The lowest BCUT2D eigenvalue weighted by molar-refractivity contribution is -0.159. The molecule has 7 nitrogen and oxygen atoms in total. The first-order valence-electron chi connectivity index (χ1n) is 7.43. The maximum Gasteiger partial charge on any atom is 0.354 e. The van der Waals surface area contributed by atoms with Crippen LogP contribution in [0.3, 0.4) is 0 Å². The van der Waals surface area contributed by atoms with Crippen molar-refractivity contribution in [1.82, 2.24) is 9.88 Å². The van der Waals surface area contributed by atoms with E-state index >= 15 is 0 Å². The second-order valence-corrected chi connectivity index (χ2v) is 6.40. The van der Waals surface area contributed by atoms with Crippen molar-refractivity contribution in [2.45, 2.75) is 45.3 Å². The molecular formula is C16H20N2O5. The van der Waals surface area contributed by atoms with Crippen molar-refractivity contribution < 1.29 is 24.2 Å². The van der Waals surface area contributed by atoms with E-state index in [2.05, 4.69) is 4.98 Å². The van der Waals surface area contributed by atoms with Crippen molar-refractivity contribution in [3.63, 3.8) is 0 Å². The molecule has 23 heavy (non-hydrogen) atoms. The predicted octanol–water partition coefficient (Wildman–Crippen LogP) is 1.73. The normalized spacial score (nSPS) is 17.9. The lowest BCUT2D eigenvalue weighted by Gasteiger charge is -2.27. The zero-order valence-corrected chi connectivity index (χ0v) is 13.4. The van der Waals surface area contributed by atoms with Gasteiger partial charge in [-0.3, -0.25) is 4.79 Å². The largest absolute Gasteiger partial charge is 0.477 e. The third-order valence-corrected chi connectivity index (χ3v) is 3.38. The number of amides is 1. The first-order chi connectivity index (χ1) is 10.7. The highest BCUT2D eigenvalue weighted by Crippen LogP contribution is 2.23. The Morgan fingerprint density at radius 1 is 1.26 bits per heavy atom. The molecule has 1 N–H and O–H groups in total. The molecule has 7 heteroatoms. The Balaban J connectivity index is 2.19. The number of nitrogens with zero attached hydrogens (tertiary/aromatic N) is 2. The average Bonchev–Trinajstić information content (AvgIpc) is 2.94. The van der Waals surface area contributed by atoms with E-state index in [0.717, 1.165) is 0 Å². The number of carboxylic acids is 1. The van der Waals surface area contributed by atoms with Crippen molar-refractivity contribution in [3.8, 4) is 0 Å². The van der Waals surface area contributed by atoms with Crippen LogP contribution in [-0.2, 0) is 9.53 Å². The minimum absolute atomic E-state index is 0.0142. The van der Waals surface area contributed by atoms with Gasteiger partial charge in [-0.1, -0.05) is 6.07 Å². The Hall–Kier alpha value is -2.44. The number of ether oxygens (including phenoxy) is 1. The van der Waals surface area contributed by atoms with Gasteiger partial charge in [0.25, 0.3) is 5.91 Å². The summed E-state index contributed by atoms with van der Waals surface area (Å²) in [5.41, 5.74) is -0.820. The first-order valence-corrected chi connectivity index (χ1v) is 7.43. The molecule has 1 amide bonds. The van der Waals surface area contributed by atoms with Gasteiger partial charge in [-0.2, -0.15) is 0 Å². The SMILES string of the molecule is CC(C)(C)OC(=O)C1CCCN1C(=O)c1cccc(C(=O)O)n1. The van der Waals surface area contributed by atoms with Gasteiger partial charge in [0.05, 0.1) is 0 Å². The van der Waals surface area contributed by atoms with Gasteiger partial charge in [-0.25, -0.2) is 14.6 Å². The highest BCUT2D eigenvalue weighted by Gasteiger charge is 2.37. The van der Waals surface area contributed by atoms with E-state index in [1.54, 1.807) is 20.8 Å². The van der Waals surface area contributed by atoms with Gasteiger partial charge in [-0.15, -0.1) is 0 Å². The fourth-order valence-electron chi connectivity index (χ4n) is 2.44. The number of pyridine rings is 1. The molecule has 1 atom stereocenters. The Morgan fingerprint density at radius 3 is 2.52 bits per heavy atom. The van der Waals surface area contributed by atoms with Crippen molar-refractivity contribution >= 4 is 17.8 Å².